The number of thioether (sulfide) groups is 1. The average Bonchev–Trinajstić information content (AvgIpc) is 2.54. The minimum Gasteiger partial charge on any atom is -0.352 e. The van der Waals surface area contributed by atoms with E-state index in [1.807, 2.05) is 37.4 Å². The second kappa shape index (κ2) is 7.91. The molecule has 0 aromatic rings. The van der Waals surface area contributed by atoms with Gasteiger partial charge in [-0.3, -0.25) is 9.59 Å². The molecule has 0 radical (unpaired) electrons. The zero-order chi connectivity index (χ0) is 17.0. The van der Waals surface area contributed by atoms with Crippen molar-refractivity contribution < 1.29 is 9.59 Å². The number of likely N-dealkylation sites (tertiary alicyclic amines) is 1. The lowest BCUT2D eigenvalue weighted by atomic mass is 9.90. The number of hydrogen-bond donors (Lipinski definition) is 1. The van der Waals surface area contributed by atoms with Crippen LogP contribution in [0.2, 0.25) is 0 Å². The Labute approximate surface area is 145 Å². The molecule has 2 rings (SSSR count). The van der Waals surface area contributed by atoms with Crippen molar-refractivity contribution in [3.05, 3.63) is 0 Å². The standard InChI is InChI=1S/C18H32N2O2S/c1-18(2,3)17(22)20-11-7-8-13(12-20)16(21)19-14-9-5-6-10-15(14)23-4/h13-15H,5-12H2,1-4H3,(H,19,21)/t13-,14+,15+/m0/s1. The summed E-state index contributed by atoms with van der Waals surface area (Å²) in [5.74, 6) is 0.275. The van der Waals surface area contributed by atoms with E-state index in [9.17, 15) is 9.59 Å². The van der Waals surface area contributed by atoms with Gasteiger partial charge in [0.05, 0.1) is 5.92 Å². The van der Waals surface area contributed by atoms with Gasteiger partial charge in [-0.25, -0.2) is 0 Å². The van der Waals surface area contributed by atoms with Crippen LogP contribution in [0.5, 0.6) is 0 Å². The molecule has 132 valence electrons. The molecule has 1 saturated carbocycles. The van der Waals surface area contributed by atoms with Crippen molar-refractivity contribution >= 4 is 23.6 Å². The van der Waals surface area contributed by atoms with Crippen molar-refractivity contribution in [1.82, 2.24) is 10.2 Å². The SMILES string of the molecule is CS[C@@H]1CCCC[C@H]1NC(=O)[C@H]1CCCN(C(=O)C(C)(C)C)C1. The van der Waals surface area contributed by atoms with Gasteiger partial charge in [-0.2, -0.15) is 11.8 Å². The maximum Gasteiger partial charge on any atom is 0.227 e. The van der Waals surface area contributed by atoms with Crippen LogP contribution in [0.15, 0.2) is 0 Å². The summed E-state index contributed by atoms with van der Waals surface area (Å²) in [4.78, 5) is 27.0. The summed E-state index contributed by atoms with van der Waals surface area (Å²) in [5, 5.41) is 3.84. The molecule has 2 fully saturated rings. The maximum atomic E-state index is 12.7. The lowest BCUT2D eigenvalue weighted by Crippen LogP contribution is -2.51. The average molecular weight is 341 g/mol. The van der Waals surface area contributed by atoms with Crippen molar-refractivity contribution in [1.29, 1.82) is 0 Å². The maximum absolute atomic E-state index is 12.7. The Hall–Kier alpha value is -0.710. The fraction of sp³-hybridized carbons (Fsp3) is 0.889. The van der Waals surface area contributed by atoms with Crippen molar-refractivity contribution in [2.45, 2.75) is 70.6 Å². The highest BCUT2D eigenvalue weighted by Gasteiger charge is 2.35. The molecule has 0 aromatic heterocycles. The topological polar surface area (TPSA) is 49.4 Å². The van der Waals surface area contributed by atoms with Gasteiger partial charge in [0, 0.05) is 29.8 Å². The summed E-state index contributed by atoms with van der Waals surface area (Å²) in [6.07, 6.45) is 8.74. The first kappa shape index (κ1) is 18.6. The Bertz CT molecular complexity index is 433. The van der Waals surface area contributed by atoms with E-state index in [0.717, 1.165) is 25.8 Å². The van der Waals surface area contributed by atoms with E-state index in [2.05, 4.69) is 11.6 Å². The summed E-state index contributed by atoms with van der Waals surface area (Å²) in [6, 6.07) is 0.306. The van der Waals surface area contributed by atoms with Gasteiger partial charge in [-0.05, 0) is 31.9 Å². The number of nitrogens with one attached hydrogen (secondary N) is 1. The molecule has 0 aromatic carbocycles. The molecule has 5 heteroatoms. The van der Waals surface area contributed by atoms with Gasteiger partial charge in [0.15, 0.2) is 0 Å². The van der Waals surface area contributed by atoms with Gasteiger partial charge >= 0.3 is 0 Å². The number of piperidine rings is 1. The van der Waals surface area contributed by atoms with Crippen LogP contribution in [-0.2, 0) is 9.59 Å². The van der Waals surface area contributed by atoms with Crippen molar-refractivity contribution in [3.63, 3.8) is 0 Å². The molecular formula is C18H32N2O2S. The van der Waals surface area contributed by atoms with Crippen LogP contribution in [0, 0.1) is 11.3 Å². The summed E-state index contributed by atoms with van der Waals surface area (Å²) < 4.78 is 0. The Kier molecular flexibility index (Phi) is 6.40. The van der Waals surface area contributed by atoms with Gasteiger partial charge in [0.2, 0.25) is 11.8 Å². The van der Waals surface area contributed by atoms with Crippen LogP contribution in [-0.4, -0.2) is 47.4 Å². The van der Waals surface area contributed by atoms with Gasteiger partial charge in [0.25, 0.3) is 0 Å². The summed E-state index contributed by atoms with van der Waals surface area (Å²) in [7, 11) is 0. The van der Waals surface area contributed by atoms with Crippen LogP contribution < -0.4 is 5.32 Å². The molecular weight excluding hydrogens is 308 g/mol. The number of hydrogen-bond acceptors (Lipinski definition) is 3. The third-order valence-electron chi connectivity index (χ3n) is 5.05. The van der Waals surface area contributed by atoms with Crippen LogP contribution in [0.1, 0.15) is 59.3 Å². The zero-order valence-corrected chi connectivity index (χ0v) is 15.9. The number of carbonyl (C=O) groups excluding carboxylic acids is 2. The van der Waals surface area contributed by atoms with E-state index in [1.54, 1.807) is 0 Å². The molecule has 1 heterocycles. The second-order valence-electron chi connectivity index (χ2n) is 8.01. The van der Waals surface area contributed by atoms with Gasteiger partial charge in [0.1, 0.15) is 0 Å². The predicted molar refractivity (Wildman–Crippen MR) is 96.5 cm³/mol. The third-order valence-corrected chi connectivity index (χ3v) is 6.22. The van der Waals surface area contributed by atoms with Gasteiger partial charge < -0.3 is 10.2 Å². The minimum atomic E-state index is -0.369. The Balaban J connectivity index is 1.92. The Morgan fingerprint density at radius 1 is 1.09 bits per heavy atom. The summed E-state index contributed by atoms with van der Waals surface area (Å²) >= 11 is 1.87. The van der Waals surface area contributed by atoms with Crippen LogP contribution in [0.25, 0.3) is 0 Å². The number of carbonyl (C=O) groups is 2. The van der Waals surface area contributed by atoms with E-state index in [-0.39, 0.29) is 23.1 Å². The molecule has 1 aliphatic heterocycles. The summed E-state index contributed by atoms with van der Waals surface area (Å²) in [6.45, 7) is 7.22. The van der Waals surface area contributed by atoms with E-state index in [0.29, 0.717) is 17.8 Å². The second-order valence-corrected chi connectivity index (χ2v) is 9.09. The first-order chi connectivity index (χ1) is 10.8. The molecule has 2 amide bonds. The monoisotopic (exact) mass is 340 g/mol. The normalized spacial score (nSPS) is 29.2. The molecule has 23 heavy (non-hydrogen) atoms. The Morgan fingerprint density at radius 3 is 2.43 bits per heavy atom. The largest absolute Gasteiger partial charge is 0.352 e. The fourth-order valence-electron chi connectivity index (χ4n) is 3.69. The quantitative estimate of drug-likeness (QED) is 0.859. The fourth-order valence-corrected chi connectivity index (χ4v) is 4.63. The van der Waals surface area contributed by atoms with E-state index in [1.165, 1.54) is 19.3 Å². The highest BCUT2D eigenvalue weighted by atomic mass is 32.2. The lowest BCUT2D eigenvalue weighted by Gasteiger charge is -2.37. The van der Waals surface area contributed by atoms with E-state index in [4.69, 9.17) is 0 Å². The highest BCUT2D eigenvalue weighted by Crippen LogP contribution is 2.28. The molecule has 1 aliphatic carbocycles. The van der Waals surface area contributed by atoms with E-state index >= 15 is 0 Å². The van der Waals surface area contributed by atoms with Crippen molar-refractivity contribution in [2.75, 3.05) is 19.3 Å². The zero-order valence-electron chi connectivity index (χ0n) is 15.1. The number of amides is 2. The third kappa shape index (κ3) is 4.88. The lowest BCUT2D eigenvalue weighted by molar-refractivity contribution is -0.142. The molecule has 1 saturated heterocycles. The minimum absolute atomic E-state index is 0.0421. The molecule has 0 spiro atoms. The molecule has 3 atom stereocenters. The first-order valence-corrected chi connectivity index (χ1v) is 10.2. The van der Waals surface area contributed by atoms with E-state index < -0.39 is 0 Å². The smallest absolute Gasteiger partial charge is 0.227 e. The predicted octanol–water partition coefficient (Wildman–Crippen LogP) is 3.06. The molecule has 0 bridgehead atoms. The number of rotatable bonds is 3. The molecule has 2 aliphatic rings. The molecule has 4 nitrogen and oxygen atoms in total. The van der Waals surface area contributed by atoms with Crippen LogP contribution in [0.3, 0.4) is 0 Å². The van der Waals surface area contributed by atoms with Gasteiger partial charge in [-0.1, -0.05) is 33.6 Å². The van der Waals surface area contributed by atoms with Crippen LogP contribution >= 0.6 is 11.8 Å². The highest BCUT2D eigenvalue weighted by molar-refractivity contribution is 7.99. The Morgan fingerprint density at radius 2 is 1.78 bits per heavy atom. The molecule has 1 N–H and O–H groups in total. The summed E-state index contributed by atoms with van der Waals surface area (Å²) in [5.41, 5.74) is -0.369. The van der Waals surface area contributed by atoms with Crippen molar-refractivity contribution in [3.8, 4) is 0 Å². The molecule has 0 unspecified atom stereocenters. The van der Waals surface area contributed by atoms with Gasteiger partial charge in [-0.15, -0.1) is 0 Å². The van der Waals surface area contributed by atoms with Crippen LogP contribution in [0.4, 0.5) is 0 Å². The first-order valence-electron chi connectivity index (χ1n) is 8.95. The number of nitrogens with zero attached hydrogens (tertiary/aromatic N) is 1. The van der Waals surface area contributed by atoms with Crippen molar-refractivity contribution in [2.24, 2.45) is 11.3 Å².